The van der Waals surface area contributed by atoms with Gasteiger partial charge in [-0.05, 0) is 32.5 Å². The molecule has 2 aliphatic rings. The molecule has 2 aliphatic heterocycles. The number of amides is 1. The fraction of sp³-hybridized carbons (Fsp3) is 0.440. The van der Waals surface area contributed by atoms with Crippen LogP contribution in [0.25, 0.3) is 0 Å². The minimum absolute atomic E-state index is 0.0476. The molecule has 0 spiro atoms. The highest BCUT2D eigenvalue weighted by atomic mass is 32.1. The summed E-state index contributed by atoms with van der Waals surface area (Å²) in [4.78, 5) is 33.0. The molecule has 0 saturated carbocycles. The van der Waals surface area contributed by atoms with Crippen LogP contribution in [0, 0.1) is 13.8 Å². The second kappa shape index (κ2) is 10.2. The highest BCUT2D eigenvalue weighted by Crippen LogP contribution is 2.43. The van der Waals surface area contributed by atoms with Crippen LogP contribution in [-0.2, 0) is 0 Å². The molecule has 0 radical (unpaired) electrons. The van der Waals surface area contributed by atoms with Crippen LogP contribution in [0.1, 0.15) is 21.1 Å². The number of hydrogen-bond donors (Lipinski definition) is 1. The van der Waals surface area contributed by atoms with Crippen LogP contribution in [0.15, 0.2) is 18.3 Å². The molecule has 208 valence electrons. The molecule has 1 fully saturated rings. The number of rotatable bonds is 5. The number of methoxy groups -OCH3 is 1. The van der Waals surface area contributed by atoms with Gasteiger partial charge in [0.1, 0.15) is 23.0 Å². The number of nitrogens with zero attached hydrogens (tertiary/aromatic N) is 7. The summed E-state index contributed by atoms with van der Waals surface area (Å²) < 4.78 is 46.1. The van der Waals surface area contributed by atoms with Gasteiger partial charge in [-0.1, -0.05) is 0 Å². The summed E-state index contributed by atoms with van der Waals surface area (Å²) in [5.74, 6) is 0.0287. The second-order valence-electron chi connectivity index (χ2n) is 9.61. The zero-order chi connectivity index (χ0) is 28.1. The summed E-state index contributed by atoms with van der Waals surface area (Å²) in [5, 5.41) is 4.13. The van der Waals surface area contributed by atoms with E-state index in [0.717, 1.165) is 37.4 Å². The Balaban J connectivity index is 1.52. The van der Waals surface area contributed by atoms with Crippen LogP contribution in [-0.4, -0.2) is 85.9 Å². The monoisotopic (exact) mass is 562 g/mol. The molecule has 2 aromatic heterocycles. The number of nitrogens with one attached hydrogen (secondary N) is 1. The zero-order valence-corrected chi connectivity index (χ0v) is 23.1. The molecule has 1 saturated heterocycles. The number of piperazine rings is 1. The molecule has 1 amide bonds. The van der Waals surface area contributed by atoms with Crippen molar-refractivity contribution < 1.29 is 22.7 Å². The average Bonchev–Trinajstić information content (AvgIpc) is 3.25. The van der Waals surface area contributed by atoms with Crippen molar-refractivity contribution in [2.75, 3.05) is 73.9 Å². The number of aromatic nitrogens is 3. The maximum atomic E-state index is 13.5. The highest BCUT2D eigenvalue weighted by Gasteiger charge is 2.40. The lowest BCUT2D eigenvalue weighted by atomic mass is 10.1. The molecule has 4 heterocycles. The van der Waals surface area contributed by atoms with E-state index in [9.17, 15) is 18.0 Å². The van der Waals surface area contributed by atoms with E-state index in [1.165, 1.54) is 17.5 Å². The van der Waals surface area contributed by atoms with Gasteiger partial charge in [0, 0.05) is 45.0 Å². The summed E-state index contributed by atoms with van der Waals surface area (Å²) >= 11 is 1.21. The van der Waals surface area contributed by atoms with Crippen molar-refractivity contribution in [1.29, 1.82) is 0 Å². The number of aryl methyl sites for hydroxylation is 2. The van der Waals surface area contributed by atoms with Crippen LogP contribution >= 0.6 is 11.3 Å². The maximum Gasteiger partial charge on any atom is 0.406 e. The number of likely N-dealkylation sites (N-methyl/N-ethyl adjacent to an activating group) is 1. The average molecular weight is 563 g/mol. The Labute approximate surface area is 228 Å². The molecule has 39 heavy (non-hydrogen) atoms. The molecule has 10 nitrogen and oxygen atoms in total. The van der Waals surface area contributed by atoms with Crippen molar-refractivity contribution in [3.05, 3.63) is 34.6 Å². The molecular weight excluding hydrogens is 533 g/mol. The number of thiazole rings is 1. The van der Waals surface area contributed by atoms with Gasteiger partial charge in [0.2, 0.25) is 5.95 Å². The van der Waals surface area contributed by atoms with Crippen molar-refractivity contribution in [2.45, 2.75) is 20.0 Å². The quantitative estimate of drug-likeness (QED) is 0.488. The summed E-state index contributed by atoms with van der Waals surface area (Å²) in [5.41, 5.74) is 2.61. The molecule has 0 bridgehead atoms. The maximum absolute atomic E-state index is 13.5. The largest absolute Gasteiger partial charge is 0.494 e. The van der Waals surface area contributed by atoms with Gasteiger partial charge in [0.25, 0.3) is 5.91 Å². The molecule has 0 atom stereocenters. The first-order valence-electron chi connectivity index (χ1n) is 12.3. The summed E-state index contributed by atoms with van der Waals surface area (Å²) in [6.07, 6.45) is -3.40. The Morgan fingerprint density at radius 1 is 1.08 bits per heavy atom. The molecule has 1 aromatic carbocycles. The lowest BCUT2D eigenvalue weighted by Gasteiger charge is -2.35. The summed E-state index contributed by atoms with van der Waals surface area (Å²) in [6.45, 7) is 5.96. The topological polar surface area (TPSA) is 90.0 Å². The standard InChI is InChI=1S/C25H29F3N8O2S/c1-14-10-16(19(38-5)11-17(14)35-8-6-33(3)7-9-35)31-24-29-12-18-21(32-24)34(4)23-20(30-15(2)39-23)22(37)36(18)13-25(26,27)28/h10-12H,6-9,13H2,1-5H3,(H,29,31,32). The van der Waals surface area contributed by atoms with Crippen molar-refractivity contribution in [2.24, 2.45) is 0 Å². The Morgan fingerprint density at radius 3 is 2.46 bits per heavy atom. The van der Waals surface area contributed by atoms with Gasteiger partial charge in [-0.3, -0.25) is 9.69 Å². The molecular formula is C25H29F3N8O2S. The Kier molecular flexibility index (Phi) is 7.01. The van der Waals surface area contributed by atoms with E-state index >= 15 is 0 Å². The van der Waals surface area contributed by atoms with Crippen LogP contribution in [0.5, 0.6) is 5.75 Å². The second-order valence-corrected chi connectivity index (χ2v) is 10.8. The molecule has 5 rings (SSSR count). The van der Waals surface area contributed by atoms with Crippen molar-refractivity contribution in [3.8, 4) is 5.75 Å². The fourth-order valence-electron chi connectivity index (χ4n) is 4.77. The Hall–Kier alpha value is -3.65. The van der Waals surface area contributed by atoms with Crippen LogP contribution < -0.4 is 24.8 Å². The van der Waals surface area contributed by atoms with E-state index in [-0.39, 0.29) is 23.1 Å². The smallest absolute Gasteiger partial charge is 0.406 e. The van der Waals surface area contributed by atoms with E-state index in [0.29, 0.717) is 26.3 Å². The third-order valence-corrected chi connectivity index (χ3v) is 7.82. The van der Waals surface area contributed by atoms with Gasteiger partial charge in [0.05, 0.1) is 24.0 Å². The Bertz CT molecular complexity index is 1400. The molecule has 0 aliphatic carbocycles. The van der Waals surface area contributed by atoms with E-state index in [4.69, 9.17) is 4.74 Å². The predicted molar refractivity (Wildman–Crippen MR) is 145 cm³/mol. The summed E-state index contributed by atoms with van der Waals surface area (Å²) in [7, 11) is 5.32. The predicted octanol–water partition coefficient (Wildman–Crippen LogP) is 4.34. The highest BCUT2D eigenvalue weighted by molar-refractivity contribution is 7.16. The van der Waals surface area contributed by atoms with Gasteiger partial charge < -0.3 is 24.8 Å². The molecule has 14 heteroatoms. The number of alkyl halides is 3. The Morgan fingerprint density at radius 2 is 1.79 bits per heavy atom. The van der Waals surface area contributed by atoms with Crippen molar-refractivity contribution in [3.63, 3.8) is 0 Å². The number of ether oxygens (including phenoxy) is 1. The number of fused-ring (bicyclic) bond motifs is 2. The van der Waals surface area contributed by atoms with Gasteiger partial charge in [-0.15, -0.1) is 11.3 Å². The first kappa shape index (κ1) is 26.9. The first-order valence-corrected chi connectivity index (χ1v) is 13.1. The van der Waals surface area contributed by atoms with E-state index < -0.39 is 18.6 Å². The van der Waals surface area contributed by atoms with Crippen LogP contribution in [0.4, 0.5) is 47.0 Å². The number of carbonyl (C=O) groups excluding carboxylic acids is 1. The SMILES string of the molecule is COc1cc(N2CCN(C)CC2)c(C)cc1Nc1ncc2c(n1)N(C)c1sc(C)nc1C(=O)N2CC(F)(F)F. The third kappa shape index (κ3) is 5.30. The number of anilines is 6. The number of halogens is 3. The van der Waals surface area contributed by atoms with Gasteiger partial charge >= 0.3 is 6.18 Å². The van der Waals surface area contributed by atoms with Gasteiger partial charge in [-0.25, -0.2) is 9.97 Å². The molecule has 3 aromatic rings. The zero-order valence-electron chi connectivity index (χ0n) is 22.3. The normalized spacial score (nSPS) is 16.2. The van der Waals surface area contributed by atoms with Crippen LogP contribution in [0.2, 0.25) is 0 Å². The van der Waals surface area contributed by atoms with E-state index in [2.05, 4.69) is 37.1 Å². The number of carbonyl (C=O) groups is 1. The van der Waals surface area contributed by atoms with Crippen molar-refractivity contribution >= 4 is 51.1 Å². The minimum atomic E-state index is -4.63. The fourth-order valence-corrected chi connectivity index (χ4v) is 5.64. The van der Waals surface area contributed by atoms with Gasteiger partial charge in [0.15, 0.2) is 11.5 Å². The third-order valence-electron chi connectivity index (χ3n) is 6.77. The van der Waals surface area contributed by atoms with Crippen LogP contribution in [0.3, 0.4) is 0 Å². The van der Waals surface area contributed by atoms with E-state index in [1.54, 1.807) is 26.0 Å². The summed E-state index contributed by atoms with van der Waals surface area (Å²) in [6, 6.07) is 3.91. The van der Waals surface area contributed by atoms with Gasteiger partial charge in [-0.2, -0.15) is 18.2 Å². The first-order chi connectivity index (χ1) is 18.4. The van der Waals surface area contributed by atoms with E-state index in [1.807, 2.05) is 19.1 Å². The molecule has 0 unspecified atom stereocenters. The number of benzene rings is 1. The molecule has 1 N–H and O–H groups in total. The lowest BCUT2D eigenvalue weighted by molar-refractivity contribution is -0.118. The van der Waals surface area contributed by atoms with Crippen molar-refractivity contribution in [1.82, 2.24) is 19.9 Å². The number of hydrogen-bond acceptors (Lipinski definition) is 10. The minimum Gasteiger partial charge on any atom is -0.494 e. The lowest BCUT2D eigenvalue weighted by Crippen LogP contribution is -2.44.